The van der Waals surface area contributed by atoms with Gasteiger partial charge in [-0.1, -0.05) is 32.6 Å². The molecule has 0 radical (unpaired) electrons. The van der Waals surface area contributed by atoms with Crippen LogP contribution in [0.2, 0.25) is 0 Å². The Hall–Kier alpha value is -0.620. The molecule has 0 aromatic rings. The van der Waals surface area contributed by atoms with Gasteiger partial charge in [0.15, 0.2) is 0 Å². The molecule has 0 aliphatic carbocycles. The minimum Gasteiger partial charge on any atom is -0.356 e. The first-order valence-electron chi connectivity index (χ1n) is 7.57. The van der Waals surface area contributed by atoms with Gasteiger partial charge in [0.1, 0.15) is 0 Å². The molecule has 0 atom stereocenters. The topological polar surface area (TPSA) is 72.5 Å². The lowest BCUT2D eigenvalue weighted by Crippen LogP contribution is -2.24. The van der Waals surface area contributed by atoms with Crippen LogP contribution in [0.3, 0.4) is 0 Å². The van der Waals surface area contributed by atoms with E-state index >= 15 is 0 Å². The predicted molar refractivity (Wildman–Crippen MR) is 81.0 cm³/mol. The Morgan fingerprint density at radius 2 is 1.65 bits per heavy atom. The SMILES string of the molecule is CCCCCCCC(=O)NCCCCCOS(C)(=O)=O. The lowest BCUT2D eigenvalue weighted by atomic mass is 10.1. The van der Waals surface area contributed by atoms with E-state index in [4.69, 9.17) is 0 Å². The molecule has 6 heteroatoms. The van der Waals surface area contributed by atoms with Crippen molar-refractivity contribution in [3.8, 4) is 0 Å². The zero-order valence-electron chi connectivity index (χ0n) is 12.8. The van der Waals surface area contributed by atoms with Gasteiger partial charge < -0.3 is 5.32 Å². The van der Waals surface area contributed by atoms with Crippen LogP contribution < -0.4 is 5.32 Å². The largest absolute Gasteiger partial charge is 0.356 e. The molecule has 20 heavy (non-hydrogen) atoms. The molecule has 0 aliphatic heterocycles. The minimum atomic E-state index is -3.32. The van der Waals surface area contributed by atoms with Crippen LogP contribution in [0, 0.1) is 0 Å². The molecule has 0 aliphatic rings. The second kappa shape index (κ2) is 12.1. The standard InChI is InChI=1S/C14H29NO4S/c1-3-4-5-6-8-11-14(16)15-12-9-7-10-13-19-20(2,17)18/h3-13H2,1-2H3,(H,15,16). The monoisotopic (exact) mass is 307 g/mol. The summed E-state index contributed by atoms with van der Waals surface area (Å²) in [5.41, 5.74) is 0. The minimum absolute atomic E-state index is 0.119. The Morgan fingerprint density at radius 3 is 2.30 bits per heavy atom. The summed E-state index contributed by atoms with van der Waals surface area (Å²) in [5, 5.41) is 2.88. The molecule has 0 aromatic carbocycles. The van der Waals surface area contributed by atoms with Gasteiger partial charge in [-0.15, -0.1) is 0 Å². The molecule has 0 heterocycles. The fourth-order valence-electron chi connectivity index (χ4n) is 1.82. The number of carbonyl (C=O) groups excluding carboxylic acids is 1. The maximum Gasteiger partial charge on any atom is 0.264 e. The summed E-state index contributed by atoms with van der Waals surface area (Å²) in [5.74, 6) is 0.119. The van der Waals surface area contributed by atoms with Crippen molar-refractivity contribution in [3.05, 3.63) is 0 Å². The molecule has 0 bridgehead atoms. The first kappa shape index (κ1) is 19.4. The highest BCUT2D eigenvalue weighted by molar-refractivity contribution is 7.85. The molecular formula is C14H29NO4S. The number of unbranched alkanes of at least 4 members (excludes halogenated alkanes) is 6. The quantitative estimate of drug-likeness (QED) is 0.419. The maximum atomic E-state index is 11.5. The molecule has 0 aromatic heterocycles. The van der Waals surface area contributed by atoms with E-state index in [1.165, 1.54) is 19.3 Å². The zero-order valence-corrected chi connectivity index (χ0v) is 13.6. The van der Waals surface area contributed by atoms with Crippen molar-refractivity contribution in [3.63, 3.8) is 0 Å². The fourth-order valence-corrected chi connectivity index (χ4v) is 2.24. The van der Waals surface area contributed by atoms with E-state index < -0.39 is 10.1 Å². The summed E-state index contributed by atoms with van der Waals surface area (Å²) in [7, 11) is -3.32. The van der Waals surface area contributed by atoms with E-state index in [0.29, 0.717) is 19.4 Å². The van der Waals surface area contributed by atoms with E-state index in [2.05, 4.69) is 16.4 Å². The second-order valence-corrected chi connectivity index (χ2v) is 6.74. The Bertz CT molecular complexity index is 341. The van der Waals surface area contributed by atoms with Gasteiger partial charge in [-0.2, -0.15) is 8.42 Å². The first-order chi connectivity index (χ1) is 9.45. The molecule has 0 saturated carbocycles. The molecule has 0 unspecified atom stereocenters. The molecule has 5 nitrogen and oxygen atoms in total. The van der Waals surface area contributed by atoms with E-state index in [1.54, 1.807) is 0 Å². The van der Waals surface area contributed by atoms with Crippen LogP contribution in [0.25, 0.3) is 0 Å². The van der Waals surface area contributed by atoms with Crippen molar-refractivity contribution in [1.29, 1.82) is 0 Å². The first-order valence-corrected chi connectivity index (χ1v) is 9.38. The molecule has 1 N–H and O–H groups in total. The second-order valence-electron chi connectivity index (χ2n) is 5.10. The highest BCUT2D eigenvalue weighted by atomic mass is 32.2. The van der Waals surface area contributed by atoms with E-state index in [9.17, 15) is 13.2 Å². The molecule has 0 saturated heterocycles. The lowest BCUT2D eigenvalue weighted by molar-refractivity contribution is -0.121. The molecule has 120 valence electrons. The third-order valence-electron chi connectivity index (χ3n) is 2.95. The highest BCUT2D eigenvalue weighted by Gasteiger charge is 2.02. The molecular weight excluding hydrogens is 278 g/mol. The van der Waals surface area contributed by atoms with Gasteiger partial charge in [0.05, 0.1) is 12.9 Å². The van der Waals surface area contributed by atoms with Gasteiger partial charge in [0.25, 0.3) is 10.1 Å². The summed E-state index contributed by atoms with van der Waals surface area (Å²) in [6.45, 7) is 3.06. The van der Waals surface area contributed by atoms with E-state index in [0.717, 1.165) is 31.9 Å². The van der Waals surface area contributed by atoms with Gasteiger partial charge in [-0.05, 0) is 25.7 Å². The Kier molecular flexibility index (Phi) is 11.8. The zero-order chi connectivity index (χ0) is 15.3. The number of nitrogens with one attached hydrogen (secondary N) is 1. The van der Waals surface area contributed by atoms with Gasteiger partial charge >= 0.3 is 0 Å². The van der Waals surface area contributed by atoms with Crippen molar-refractivity contribution in [1.82, 2.24) is 5.32 Å². The molecule has 0 rings (SSSR count). The smallest absolute Gasteiger partial charge is 0.264 e. The van der Waals surface area contributed by atoms with E-state index in [-0.39, 0.29) is 12.5 Å². The van der Waals surface area contributed by atoms with Crippen molar-refractivity contribution in [2.75, 3.05) is 19.4 Å². The average molecular weight is 307 g/mol. The number of amides is 1. The van der Waals surface area contributed by atoms with Crippen molar-refractivity contribution in [2.24, 2.45) is 0 Å². The van der Waals surface area contributed by atoms with Crippen LogP contribution in [-0.2, 0) is 19.1 Å². The van der Waals surface area contributed by atoms with Gasteiger partial charge in [-0.3, -0.25) is 8.98 Å². The average Bonchev–Trinajstić information content (AvgIpc) is 2.36. The summed E-state index contributed by atoms with van der Waals surface area (Å²) >= 11 is 0. The highest BCUT2D eigenvalue weighted by Crippen LogP contribution is 2.04. The van der Waals surface area contributed by atoms with Gasteiger partial charge in [-0.25, -0.2) is 0 Å². The van der Waals surface area contributed by atoms with Crippen LogP contribution in [0.15, 0.2) is 0 Å². The van der Waals surface area contributed by atoms with Gasteiger partial charge in [0, 0.05) is 13.0 Å². The normalized spacial score (nSPS) is 11.5. The van der Waals surface area contributed by atoms with Crippen molar-refractivity contribution >= 4 is 16.0 Å². The number of hydrogen-bond acceptors (Lipinski definition) is 4. The van der Waals surface area contributed by atoms with Crippen molar-refractivity contribution < 1.29 is 17.4 Å². The summed E-state index contributed by atoms with van der Waals surface area (Å²) < 4.78 is 26.0. The third kappa shape index (κ3) is 15.4. The Labute approximate surface area is 123 Å². The number of hydrogen-bond donors (Lipinski definition) is 1. The number of rotatable bonds is 13. The number of carbonyl (C=O) groups is 1. The fraction of sp³-hybridized carbons (Fsp3) is 0.929. The van der Waals surface area contributed by atoms with Crippen LogP contribution in [0.1, 0.15) is 64.7 Å². The predicted octanol–water partition coefficient (Wildman–Crippen LogP) is 2.61. The van der Waals surface area contributed by atoms with Crippen LogP contribution in [0.5, 0.6) is 0 Å². The van der Waals surface area contributed by atoms with Crippen molar-refractivity contribution in [2.45, 2.75) is 64.7 Å². The maximum absolute atomic E-state index is 11.5. The van der Waals surface area contributed by atoms with Crippen LogP contribution in [-0.4, -0.2) is 33.7 Å². The third-order valence-corrected chi connectivity index (χ3v) is 3.54. The molecule has 0 fully saturated rings. The van der Waals surface area contributed by atoms with Crippen LogP contribution in [0.4, 0.5) is 0 Å². The lowest BCUT2D eigenvalue weighted by Gasteiger charge is -2.05. The Balaban J connectivity index is 3.27. The van der Waals surface area contributed by atoms with E-state index in [1.807, 2.05) is 0 Å². The summed E-state index contributed by atoms with van der Waals surface area (Å²) in [4.78, 5) is 11.5. The molecule has 0 spiro atoms. The Morgan fingerprint density at radius 1 is 1.00 bits per heavy atom. The summed E-state index contributed by atoms with van der Waals surface area (Å²) in [6.07, 6.45) is 9.84. The van der Waals surface area contributed by atoms with Crippen LogP contribution >= 0.6 is 0 Å². The summed E-state index contributed by atoms with van der Waals surface area (Å²) in [6, 6.07) is 0. The molecule has 1 amide bonds. The van der Waals surface area contributed by atoms with Gasteiger partial charge in [0.2, 0.25) is 5.91 Å².